The second-order valence-electron chi connectivity index (χ2n) is 8.63. The van der Waals surface area contributed by atoms with Gasteiger partial charge in [0.05, 0.1) is 18.2 Å². The molecule has 2 aliphatic rings. The summed E-state index contributed by atoms with van der Waals surface area (Å²) in [5.41, 5.74) is 5.52. The predicted molar refractivity (Wildman–Crippen MR) is 127 cm³/mol. The number of halogens is 1. The Balaban J connectivity index is 1.37. The number of rotatable bonds is 5. The quantitative estimate of drug-likeness (QED) is 0.554. The first-order valence-electron chi connectivity index (χ1n) is 11.5. The summed E-state index contributed by atoms with van der Waals surface area (Å²) in [6.45, 7) is 2.02. The van der Waals surface area contributed by atoms with Crippen LogP contribution < -0.4 is 5.32 Å². The van der Waals surface area contributed by atoms with Crippen molar-refractivity contribution in [3.63, 3.8) is 0 Å². The van der Waals surface area contributed by atoms with Crippen molar-refractivity contribution in [3.8, 4) is 6.07 Å². The Morgan fingerprint density at radius 3 is 2.76 bits per heavy atom. The van der Waals surface area contributed by atoms with Gasteiger partial charge >= 0.3 is 0 Å². The molecule has 5 rings (SSSR count). The number of nitriles is 1. The average molecular weight is 440 g/mol. The highest BCUT2D eigenvalue weighted by Gasteiger charge is 2.41. The van der Waals surface area contributed by atoms with Crippen molar-refractivity contribution in [2.24, 2.45) is 4.99 Å². The first-order valence-corrected chi connectivity index (χ1v) is 11.5. The zero-order chi connectivity index (χ0) is 22.7. The molecule has 3 aromatic carbocycles. The van der Waals surface area contributed by atoms with Crippen LogP contribution >= 0.6 is 0 Å². The third-order valence-corrected chi connectivity index (χ3v) is 6.60. The van der Waals surface area contributed by atoms with Crippen molar-refractivity contribution in [3.05, 3.63) is 106 Å². The van der Waals surface area contributed by atoms with E-state index in [2.05, 4.69) is 35.7 Å². The summed E-state index contributed by atoms with van der Waals surface area (Å²) in [5.74, 6) is 0.698. The predicted octanol–water partition coefficient (Wildman–Crippen LogP) is 5.23. The van der Waals surface area contributed by atoms with Gasteiger partial charge in [-0.05, 0) is 72.2 Å². The summed E-state index contributed by atoms with van der Waals surface area (Å²) >= 11 is 0. The van der Waals surface area contributed by atoms with Crippen LogP contribution in [0.3, 0.4) is 0 Å². The standard InChI is InChI=1S/C28H26FN3O/c29-24-11-9-23(10-12-24)28(26-13-8-20(18-30)17-22(26)19-33-28)14-4-16-32-27-25-7-2-1-5-21(25)6-3-15-31-27/h1-2,5,7-13,17H,3-4,6,14-16,19H2,(H,31,32). The number of nitrogens with one attached hydrogen (secondary N) is 1. The van der Waals surface area contributed by atoms with Gasteiger partial charge in [-0.2, -0.15) is 5.26 Å². The Bertz CT molecular complexity index is 1230. The topological polar surface area (TPSA) is 57.4 Å². The van der Waals surface area contributed by atoms with Crippen molar-refractivity contribution in [2.45, 2.75) is 37.9 Å². The summed E-state index contributed by atoms with van der Waals surface area (Å²) in [4.78, 5) is 4.78. The second-order valence-corrected chi connectivity index (χ2v) is 8.63. The van der Waals surface area contributed by atoms with Crippen LogP contribution in [0.15, 0.2) is 71.7 Å². The molecule has 0 saturated carbocycles. The molecule has 4 nitrogen and oxygen atoms in total. The molecule has 3 aromatic rings. The molecular weight excluding hydrogens is 413 g/mol. The summed E-state index contributed by atoms with van der Waals surface area (Å²) in [6.07, 6.45) is 3.69. The van der Waals surface area contributed by atoms with Crippen LogP contribution in [0.4, 0.5) is 4.39 Å². The summed E-state index contributed by atoms with van der Waals surface area (Å²) < 4.78 is 20.1. The fourth-order valence-corrected chi connectivity index (χ4v) is 4.97. The van der Waals surface area contributed by atoms with Gasteiger partial charge in [0.1, 0.15) is 17.3 Å². The molecule has 2 aliphatic heterocycles. The van der Waals surface area contributed by atoms with E-state index in [1.54, 1.807) is 0 Å². The zero-order valence-electron chi connectivity index (χ0n) is 18.5. The van der Waals surface area contributed by atoms with Crippen LogP contribution in [-0.4, -0.2) is 18.9 Å². The smallest absolute Gasteiger partial charge is 0.128 e. The van der Waals surface area contributed by atoms with E-state index >= 15 is 0 Å². The van der Waals surface area contributed by atoms with Gasteiger partial charge in [0.15, 0.2) is 0 Å². The van der Waals surface area contributed by atoms with Gasteiger partial charge in [-0.15, -0.1) is 0 Å². The minimum atomic E-state index is -0.651. The minimum absolute atomic E-state index is 0.265. The molecule has 2 heterocycles. The van der Waals surface area contributed by atoms with E-state index in [1.807, 2.05) is 30.3 Å². The lowest BCUT2D eigenvalue weighted by molar-refractivity contribution is -0.0127. The molecule has 166 valence electrons. The van der Waals surface area contributed by atoms with E-state index in [1.165, 1.54) is 23.3 Å². The third-order valence-electron chi connectivity index (χ3n) is 6.60. The summed E-state index contributed by atoms with van der Waals surface area (Å²) in [5, 5.41) is 12.8. The molecule has 1 unspecified atom stereocenters. The largest absolute Gasteiger partial charge is 0.370 e. The van der Waals surface area contributed by atoms with E-state index in [9.17, 15) is 9.65 Å². The highest BCUT2D eigenvalue weighted by atomic mass is 19.1. The zero-order valence-corrected chi connectivity index (χ0v) is 18.5. The van der Waals surface area contributed by atoms with Crippen molar-refractivity contribution < 1.29 is 9.13 Å². The molecule has 33 heavy (non-hydrogen) atoms. The molecule has 1 atom stereocenters. The third kappa shape index (κ3) is 4.15. The monoisotopic (exact) mass is 439 g/mol. The summed E-state index contributed by atoms with van der Waals surface area (Å²) in [7, 11) is 0. The lowest BCUT2D eigenvalue weighted by atomic mass is 9.81. The van der Waals surface area contributed by atoms with Gasteiger partial charge in [-0.1, -0.05) is 42.5 Å². The maximum atomic E-state index is 13.7. The molecule has 0 spiro atoms. The number of fused-ring (bicyclic) bond motifs is 2. The SMILES string of the molecule is N#Cc1ccc2c(c1)COC2(CCCNC1=NCCCc2ccccc21)c1ccc(F)cc1. The van der Waals surface area contributed by atoms with Crippen molar-refractivity contribution in [1.82, 2.24) is 5.32 Å². The van der Waals surface area contributed by atoms with Crippen molar-refractivity contribution >= 4 is 5.84 Å². The maximum Gasteiger partial charge on any atom is 0.128 e. The van der Waals surface area contributed by atoms with Gasteiger partial charge in [-0.25, -0.2) is 4.39 Å². The van der Waals surface area contributed by atoms with E-state index in [0.717, 1.165) is 61.3 Å². The molecule has 0 radical (unpaired) electrons. The first-order chi connectivity index (χ1) is 16.2. The maximum absolute atomic E-state index is 13.7. The summed E-state index contributed by atoms with van der Waals surface area (Å²) in [6, 6.07) is 23.0. The number of ether oxygens (including phenoxy) is 1. The Labute approximate surface area is 193 Å². The molecule has 0 bridgehead atoms. The van der Waals surface area contributed by atoms with Crippen LogP contribution in [0, 0.1) is 17.1 Å². The fourth-order valence-electron chi connectivity index (χ4n) is 4.97. The highest BCUT2D eigenvalue weighted by Crippen LogP contribution is 2.45. The fraction of sp³-hybridized carbons (Fsp3) is 0.286. The average Bonchev–Trinajstić information content (AvgIpc) is 3.09. The molecule has 0 aliphatic carbocycles. The van der Waals surface area contributed by atoms with Crippen LogP contribution in [-0.2, 0) is 23.4 Å². The van der Waals surface area contributed by atoms with Gasteiger partial charge in [0, 0.05) is 18.7 Å². The number of nitrogens with zero attached hydrogens (tertiary/aromatic N) is 2. The van der Waals surface area contributed by atoms with Crippen molar-refractivity contribution in [2.75, 3.05) is 13.1 Å². The second kappa shape index (κ2) is 9.17. The molecule has 1 N–H and O–H groups in total. The first kappa shape index (κ1) is 21.4. The minimum Gasteiger partial charge on any atom is -0.370 e. The van der Waals surface area contributed by atoms with Gasteiger partial charge in [-0.3, -0.25) is 4.99 Å². The number of hydrogen-bond donors (Lipinski definition) is 1. The highest BCUT2D eigenvalue weighted by molar-refractivity contribution is 6.00. The number of amidine groups is 1. The molecule has 0 fully saturated rings. The van der Waals surface area contributed by atoms with Crippen LogP contribution in [0.2, 0.25) is 0 Å². The number of aryl methyl sites for hydroxylation is 1. The van der Waals surface area contributed by atoms with Crippen LogP contribution in [0.5, 0.6) is 0 Å². The molecular formula is C28H26FN3O. The van der Waals surface area contributed by atoms with Gasteiger partial charge in [0.2, 0.25) is 0 Å². The van der Waals surface area contributed by atoms with E-state index < -0.39 is 5.60 Å². The Hall–Kier alpha value is -3.49. The van der Waals surface area contributed by atoms with Crippen LogP contribution in [0.25, 0.3) is 0 Å². The Morgan fingerprint density at radius 2 is 1.91 bits per heavy atom. The lowest BCUT2D eigenvalue weighted by Gasteiger charge is -2.31. The Morgan fingerprint density at radius 1 is 1.06 bits per heavy atom. The number of benzene rings is 3. The Kier molecular flexibility index (Phi) is 5.93. The lowest BCUT2D eigenvalue weighted by Crippen LogP contribution is -2.31. The van der Waals surface area contributed by atoms with Crippen molar-refractivity contribution in [1.29, 1.82) is 5.26 Å². The van der Waals surface area contributed by atoms with Crippen LogP contribution in [0.1, 0.15) is 52.6 Å². The van der Waals surface area contributed by atoms with E-state index in [0.29, 0.717) is 12.2 Å². The van der Waals surface area contributed by atoms with Gasteiger partial charge < -0.3 is 10.1 Å². The number of aliphatic imine (C=N–C) groups is 1. The molecule has 0 aromatic heterocycles. The normalized spacial score (nSPS) is 19.1. The molecule has 5 heteroatoms. The van der Waals surface area contributed by atoms with E-state index in [-0.39, 0.29) is 5.82 Å². The van der Waals surface area contributed by atoms with Gasteiger partial charge in [0.25, 0.3) is 0 Å². The van der Waals surface area contributed by atoms with E-state index in [4.69, 9.17) is 9.73 Å². The molecule has 0 amide bonds. The number of hydrogen-bond acceptors (Lipinski definition) is 4. The molecule has 0 saturated heterocycles.